The molecule has 1 atom stereocenters. The Morgan fingerprint density at radius 2 is 1.91 bits per heavy atom. The second-order valence-electron chi connectivity index (χ2n) is 4.85. The van der Waals surface area contributed by atoms with E-state index < -0.39 is 0 Å². The summed E-state index contributed by atoms with van der Waals surface area (Å²) in [5.74, 6) is -0.0732. The lowest BCUT2D eigenvalue weighted by molar-refractivity contribution is -0.120. The van der Waals surface area contributed by atoms with Gasteiger partial charge in [0.2, 0.25) is 5.91 Å². The molecule has 5 nitrogen and oxygen atoms in total. The molecule has 0 fully saturated rings. The van der Waals surface area contributed by atoms with Crippen molar-refractivity contribution in [2.75, 3.05) is 18.8 Å². The summed E-state index contributed by atoms with van der Waals surface area (Å²) >= 11 is 1.41. The van der Waals surface area contributed by atoms with Crippen molar-refractivity contribution in [3.8, 4) is 0 Å². The maximum Gasteiger partial charge on any atom is 0.261 e. The zero-order valence-corrected chi connectivity index (χ0v) is 13.2. The summed E-state index contributed by atoms with van der Waals surface area (Å²) in [5.41, 5.74) is 0.906. The molecule has 0 spiro atoms. The van der Waals surface area contributed by atoms with Crippen LogP contribution in [0.3, 0.4) is 0 Å². The Kier molecular flexibility index (Phi) is 5.38. The Morgan fingerprint density at radius 1 is 1.32 bits per heavy atom. The summed E-state index contributed by atoms with van der Waals surface area (Å²) in [4.78, 5) is 37.3. The summed E-state index contributed by atoms with van der Waals surface area (Å²) < 4.78 is 0. The number of rotatable bonds is 7. The molecule has 1 aliphatic rings. The van der Waals surface area contributed by atoms with Crippen LogP contribution in [-0.2, 0) is 4.79 Å². The van der Waals surface area contributed by atoms with E-state index in [1.54, 1.807) is 37.3 Å². The second-order valence-corrected chi connectivity index (χ2v) is 6.30. The average molecular weight is 318 g/mol. The minimum atomic E-state index is -0.259. The molecule has 1 heterocycles. The number of amides is 3. The van der Waals surface area contributed by atoms with Gasteiger partial charge in [-0.05, 0) is 19.1 Å². The van der Waals surface area contributed by atoms with E-state index in [2.05, 4.69) is 11.9 Å². The number of hydrogen-bond donors (Lipinski definition) is 1. The lowest BCUT2D eigenvalue weighted by atomic mass is 10.1. The molecular weight excluding hydrogens is 300 g/mol. The zero-order chi connectivity index (χ0) is 16.1. The Morgan fingerprint density at radius 3 is 2.45 bits per heavy atom. The largest absolute Gasteiger partial charge is 0.352 e. The first-order valence-electron chi connectivity index (χ1n) is 7.01. The van der Waals surface area contributed by atoms with Gasteiger partial charge in [0.05, 0.1) is 16.4 Å². The predicted octanol–water partition coefficient (Wildman–Crippen LogP) is 1.71. The highest BCUT2D eigenvalue weighted by molar-refractivity contribution is 8.00. The van der Waals surface area contributed by atoms with E-state index in [0.717, 1.165) is 0 Å². The molecule has 3 amide bonds. The topological polar surface area (TPSA) is 66.5 Å². The number of carbonyl (C=O) groups excluding carboxylic acids is 3. The summed E-state index contributed by atoms with van der Waals surface area (Å²) in [5, 5.41) is 2.48. The Hall–Kier alpha value is -2.08. The predicted molar refractivity (Wildman–Crippen MR) is 86.9 cm³/mol. The summed E-state index contributed by atoms with van der Waals surface area (Å²) in [7, 11) is 0. The van der Waals surface area contributed by atoms with Crippen molar-refractivity contribution in [1.82, 2.24) is 10.2 Å². The molecule has 0 saturated carbocycles. The van der Waals surface area contributed by atoms with Gasteiger partial charge in [-0.1, -0.05) is 18.2 Å². The molecule has 0 radical (unpaired) electrons. The van der Waals surface area contributed by atoms with Gasteiger partial charge >= 0.3 is 0 Å². The van der Waals surface area contributed by atoms with E-state index in [9.17, 15) is 14.4 Å². The summed E-state index contributed by atoms with van der Waals surface area (Å²) in [6.45, 7) is 6.07. The van der Waals surface area contributed by atoms with Crippen molar-refractivity contribution in [3.05, 3.63) is 48.0 Å². The van der Waals surface area contributed by atoms with E-state index in [-0.39, 0.29) is 23.0 Å². The minimum absolute atomic E-state index is 0.0766. The number of hydrogen-bond acceptors (Lipinski definition) is 4. The molecule has 0 aliphatic carbocycles. The van der Waals surface area contributed by atoms with E-state index in [0.29, 0.717) is 30.0 Å². The Bertz CT molecular complexity index is 580. The molecule has 22 heavy (non-hydrogen) atoms. The molecule has 1 aromatic rings. The van der Waals surface area contributed by atoms with Gasteiger partial charge < -0.3 is 5.32 Å². The van der Waals surface area contributed by atoms with Crippen molar-refractivity contribution in [1.29, 1.82) is 0 Å². The second kappa shape index (κ2) is 7.26. The normalized spacial score (nSPS) is 14.7. The number of fused-ring (bicyclic) bond motifs is 1. The van der Waals surface area contributed by atoms with Crippen LogP contribution in [0.15, 0.2) is 36.9 Å². The third kappa shape index (κ3) is 3.39. The number of benzene rings is 1. The SMILES string of the molecule is C=CCNC(=O)[C@@H](C)SCCN1C(=O)c2ccccc2C1=O. The third-order valence-electron chi connectivity index (χ3n) is 3.35. The van der Waals surface area contributed by atoms with Crippen LogP contribution in [0.25, 0.3) is 0 Å². The van der Waals surface area contributed by atoms with Crippen LogP contribution >= 0.6 is 11.8 Å². The number of nitrogens with zero attached hydrogens (tertiary/aromatic N) is 1. The molecule has 0 saturated heterocycles. The van der Waals surface area contributed by atoms with Crippen molar-refractivity contribution < 1.29 is 14.4 Å². The average Bonchev–Trinajstić information content (AvgIpc) is 2.77. The fraction of sp³-hybridized carbons (Fsp3) is 0.312. The van der Waals surface area contributed by atoms with Crippen LogP contribution in [0.2, 0.25) is 0 Å². The molecule has 0 unspecified atom stereocenters. The van der Waals surface area contributed by atoms with Crippen LogP contribution < -0.4 is 5.32 Å². The first-order chi connectivity index (χ1) is 10.6. The highest BCUT2D eigenvalue weighted by Gasteiger charge is 2.34. The van der Waals surface area contributed by atoms with E-state index in [1.807, 2.05) is 0 Å². The quantitative estimate of drug-likeness (QED) is 0.614. The number of carbonyl (C=O) groups is 3. The van der Waals surface area contributed by atoms with Crippen molar-refractivity contribution in [2.24, 2.45) is 0 Å². The summed E-state index contributed by atoms with van der Waals surface area (Å²) in [6.07, 6.45) is 1.62. The fourth-order valence-corrected chi connectivity index (χ4v) is 3.03. The number of thioether (sulfide) groups is 1. The molecule has 1 aromatic carbocycles. The number of nitrogens with one attached hydrogen (secondary N) is 1. The molecule has 2 rings (SSSR count). The Labute approximate surface area is 133 Å². The molecule has 0 bridgehead atoms. The van der Waals surface area contributed by atoms with Crippen LogP contribution in [0.1, 0.15) is 27.6 Å². The van der Waals surface area contributed by atoms with Gasteiger partial charge in [0, 0.05) is 18.8 Å². The van der Waals surface area contributed by atoms with Gasteiger partial charge in [0.15, 0.2) is 0 Å². The van der Waals surface area contributed by atoms with Gasteiger partial charge in [-0.15, -0.1) is 18.3 Å². The molecule has 0 aromatic heterocycles. The van der Waals surface area contributed by atoms with Crippen molar-refractivity contribution in [2.45, 2.75) is 12.2 Å². The van der Waals surface area contributed by atoms with E-state index >= 15 is 0 Å². The lowest BCUT2D eigenvalue weighted by Gasteiger charge is -2.15. The third-order valence-corrected chi connectivity index (χ3v) is 4.48. The van der Waals surface area contributed by atoms with Gasteiger partial charge in [-0.2, -0.15) is 0 Å². The van der Waals surface area contributed by atoms with Gasteiger partial charge in [0.1, 0.15) is 0 Å². The monoisotopic (exact) mass is 318 g/mol. The lowest BCUT2D eigenvalue weighted by Crippen LogP contribution is -2.34. The van der Waals surface area contributed by atoms with Crippen LogP contribution in [0.5, 0.6) is 0 Å². The van der Waals surface area contributed by atoms with Gasteiger partial charge in [-0.3, -0.25) is 19.3 Å². The highest BCUT2D eigenvalue weighted by Crippen LogP contribution is 2.23. The number of imide groups is 1. The maximum atomic E-state index is 12.2. The first kappa shape index (κ1) is 16.3. The van der Waals surface area contributed by atoms with E-state index in [4.69, 9.17) is 0 Å². The van der Waals surface area contributed by atoms with Crippen molar-refractivity contribution in [3.63, 3.8) is 0 Å². The van der Waals surface area contributed by atoms with Crippen LogP contribution in [0.4, 0.5) is 0 Å². The molecule has 1 aliphatic heterocycles. The fourth-order valence-electron chi connectivity index (χ4n) is 2.16. The summed E-state index contributed by atoms with van der Waals surface area (Å²) in [6, 6.07) is 6.81. The van der Waals surface area contributed by atoms with Gasteiger partial charge in [0.25, 0.3) is 11.8 Å². The Balaban J connectivity index is 1.86. The smallest absolute Gasteiger partial charge is 0.261 e. The minimum Gasteiger partial charge on any atom is -0.352 e. The molecule has 6 heteroatoms. The zero-order valence-electron chi connectivity index (χ0n) is 12.4. The van der Waals surface area contributed by atoms with Crippen LogP contribution in [0, 0.1) is 0 Å². The van der Waals surface area contributed by atoms with Gasteiger partial charge in [-0.25, -0.2) is 0 Å². The van der Waals surface area contributed by atoms with Crippen molar-refractivity contribution >= 4 is 29.5 Å². The first-order valence-corrected chi connectivity index (χ1v) is 8.06. The highest BCUT2D eigenvalue weighted by atomic mass is 32.2. The maximum absolute atomic E-state index is 12.2. The van der Waals surface area contributed by atoms with E-state index in [1.165, 1.54) is 16.7 Å². The molecule has 1 N–H and O–H groups in total. The standard InChI is InChI=1S/C16H18N2O3S/c1-3-8-17-14(19)11(2)22-10-9-18-15(20)12-6-4-5-7-13(12)16(18)21/h3-7,11H,1,8-10H2,2H3,(H,17,19)/t11-/m1/s1. The van der Waals surface area contributed by atoms with Crippen LogP contribution in [-0.4, -0.2) is 46.7 Å². The molecule has 116 valence electrons. The molecular formula is C16H18N2O3S.